The number of carbonyl (C=O) groups is 2. The second-order valence-corrected chi connectivity index (χ2v) is 3.76. The zero-order valence-electron chi connectivity index (χ0n) is 10.9. The number of anilines is 1. The number of aromatic nitrogens is 1. The fraction of sp³-hybridized carbons (Fsp3) is 0.417. The number of rotatable bonds is 6. The van der Waals surface area contributed by atoms with E-state index < -0.39 is 11.7 Å². The summed E-state index contributed by atoms with van der Waals surface area (Å²) in [6.07, 6.45) is 1.21. The van der Waals surface area contributed by atoms with E-state index >= 15 is 0 Å². The second kappa shape index (κ2) is 7.30. The summed E-state index contributed by atoms with van der Waals surface area (Å²) >= 11 is 0. The summed E-state index contributed by atoms with van der Waals surface area (Å²) in [7, 11) is 1.52. The van der Waals surface area contributed by atoms with Crippen molar-refractivity contribution in [3.8, 4) is 0 Å². The van der Waals surface area contributed by atoms with E-state index in [0.717, 1.165) is 12.3 Å². The van der Waals surface area contributed by atoms with Crippen molar-refractivity contribution in [3.05, 3.63) is 23.6 Å². The monoisotopic (exact) mass is 268 g/mol. The summed E-state index contributed by atoms with van der Waals surface area (Å²) in [5, 5.41) is 7.86. The molecule has 0 radical (unpaired) electrons. The van der Waals surface area contributed by atoms with Crippen LogP contribution in [0, 0.1) is 5.82 Å². The summed E-state index contributed by atoms with van der Waals surface area (Å²) < 4.78 is 13.1. The van der Waals surface area contributed by atoms with Crippen LogP contribution in [0.2, 0.25) is 0 Å². The molecule has 6 nitrogen and oxygen atoms in total. The van der Waals surface area contributed by atoms with E-state index in [1.165, 1.54) is 7.05 Å². The maximum Gasteiger partial charge on any atom is 0.255 e. The number of hydrogen-bond donors (Lipinski definition) is 3. The second-order valence-electron chi connectivity index (χ2n) is 3.76. The average molecular weight is 268 g/mol. The Balaban J connectivity index is 2.69. The van der Waals surface area contributed by atoms with E-state index in [4.69, 9.17) is 0 Å². The van der Waals surface area contributed by atoms with Crippen molar-refractivity contribution in [2.45, 2.75) is 13.3 Å². The summed E-state index contributed by atoms with van der Waals surface area (Å²) in [5.41, 5.74) is 0.124. The molecule has 0 aliphatic rings. The van der Waals surface area contributed by atoms with Crippen molar-refractivity contribution >= 4 is 17.6 Å². The molecule has 2 amide bonds. The number of nitrogens with zero attached hydrogens (tertiary/aromatic N) is 1. The van der Waals surface area contributed by atoms with Gasteiger partial charge in [0.1, 0.15) is 11.6 Å². The Hall–Kier alpha value is -2.18. The van der Waals surface area contributed by atoms with Gasteiger partial charge in [0.15, 0.2) is 0 Å². The molecular formula is C12H17FN4O2. The highest BCUT2D eigenvalue weighted by Gasteiger charge is 2.13. The molecule has 0 bridgehead atoms. The average Bonchev–Trinajstić information content (AvgIpc) is 2.40. The summed E-state index contributed by atoms with van der Waals surface area (Å²) in [4.78, 5) is 26.7. The third kappa shape index (κ3) is 4.53. The van der Waals surface area contributed by atoms with E-state index in [1.807, 2.05) is 6.92 Å². The topological polar surface area (TPSA) is 83.1 Å². The molecule has 0 aliphatic heterocycles. The van der Waals surface area contributed by atoms with E-state index in [1.54, 1.807) is 0 Å². The number of amides is 2. The molecule has 19 heavy (non-hydrogen) atoms. The minimum Gasteiger partial charge on any atom is -0.370 e. The minimum absolute atomic E-state index is 0.124. The van der Waals surface area contributed by atoms with Crippen molar-refractivity contribution in [3.63, 3.8) is 0 Å². The molecule has 1 rings (SSSR count). The van der Waals surface area contributed by atoms with E-state index in [9.17, 15) is 14.0 Å². The van der Waals surface area contributed by atoms with Crippen molar-refractivity contribution in [2.24, 2.45) is 0 Å². The van der Waals surface area contributed by atoms with Gasteiger partial charge in [0.25, 0.3) is 5.91 Å². The highest BCUT2D eigenvalue weighted by atomic mass is 19.1. The van der Waals surface area contributed by atoms with Gasteiger partial charge in [-0.3, -0.25) is 9.59 Å². The fourth-order valence-electron chi connectivity index (χ4n) is 1.43. The number of halogens is 1. The van der Waals surface area contributed by atoms with Crippen LogP contribution in [0.5, 0.6) is 0 Å². The lowest BCUT2D eigenvalue weighted by Gasteiger charge is -2.10. The lowest BCUT2D eigenvalue weighted by Crippen LogP contribution is -2.30. The molecule has 104 valence electrons. The van der Waals surface area contributed by atoms with Gasteiger partial charge in [0.2, 0.25) is 5.91 Å². The first-order valence-electron chi connectivity index (χ1n) is 5.96. The van der Waals surface area contributed by atoms with Gasteiger partial charge in [-0.15, -0.1) is 0 Å². The Morgan fingerprint density at radius 3 is 2.79 bits per heavy atom. The van der Waals surface area contributed by atoms with Crippen molar-refractivity contribution < 1.29 is 14.0 Å². The lowest BCUT2D eigenvalue weighted by atomic mass is 10.2. The van der Waals surface area contributed by atoms with Crippen LogP contribution < -0.4 is 16.0 Å². The first-order chi connectivity index (χ1) is 9.08. The molecule has 1 aromatic rings. The van der Waals surface area contributed by atoms with Gasteiger partial charge < -0.3 is 16.0 Å². The largest absolute Gasteiger partial charge is 0.370 e. The van der Waals surface area contributed by atoms with E-state index in [-0.39, 0.29) is 24.4 Å². The van der Waals surface area contributed by atoms with Crippen LogP contribution in [-0.4, -0.2) is 36.9 Å². The number of pyridine rings is 1. The number of nitrogens with one attached hydrogen (secondary N) is 3. The summed E-state index contributed by atoms with van der Waals surface area (Å²) in [6, 6.07) is 1.11. The Morgan fingerprint density at radius 1 is 1.42 bits per heavy atom. The zero-order valence-corrected chi connectivity index (χ0v) is 10.9. The molecular weight excluding hydrogens is 251 g/mol. The smallest absolute Gasteiger partial charge is 0.255 e. The molecule has 1 heterocycles. The molecule has 0 unspecified atom stereocenters. The molecule has 0 aromatic carbocycles. The van der Waals surface area contributed by atoms with Crippen LogP contribution in [0.25, 0.3) is 0 Å². The lowest BCUT2D eigenvalue weighted by molar-refractivity contribution is -0.120. The maximum absolute atomic E-state index is 13.1. The van der Waals surface area contributed by atoms with Crippen molar-refractivity contribution in [1.29, 1.82) is 0 Å². The Kier molecular flexibility index (Phi) is 5.72. The fourth-order valence-corrected chi connectivity index (χ4v) is 1.43. The molecule has 0 atom stereocenters. The van der Waals surface area contributed by atoms with Gasteiger partial charge in [-0.25, -0.2) is 9.37 Å². The number of carbonyl (C=O) groups excluding carboxylic acids is 2. The maximum atomic E-state index is 13.1. The van der Waals surface area contributed by atoms with Crippen LogP contribution >= 0.6 is 0 Å². The van der Waals surface area contributed by atoms with E-state index in [2.05, 4.69) is 20.9 Å². The predicted octanol–water partition coefficient (Wildman–Crippen LogP) is 0.518. The van der Waals surface area contributed by atoms with Crippen LogP contribution in [0.1, 0.15) is 23.7 Å². The van der Waals surface area contributed by atoms with Crippen molar-refractivity contribution in [1.82, 2.24) is 15.6 Å². The van der Waals surface area contributed by atoms with E-state index in [0.29, 0.717) is 12.4 Å². The molecule has 3 N–H and O–H groups in total. The Labute approximate surface area is 110 Å². The van der Waals surface area contributed by atoms with Crippen LogP contribution in [-0.2, 0) is 4.79 Å². The molecule has 0 spiro atoms. The quantitative estimate of drug-likeness (QED) is 0.702. The van der Waals surface area contributed by atoms with Gasteiger partial charge in [-0.2, -0.15) is 0 Å². The van der Waals surface area contributed by atoms with Gasteiger partial charge in [0.05, 0.1) is 11.8 Å². The van der Waals surface area contributed by atoms with Crippen molar-refractivity contribution in [2.75, 3.05) is 25.5 Å². The summed E-state index contributed by atoms with van der Waals surface area (Å²) in [6.45, 7) is 2.59. The number of hydrogen-bond acceptors (Lipinski definition) is 4. The Morgan fingerprint density at radius 2 is 2.16 bits per heavy atom. The molecule has 0 fully saturated rings. The molecule has 7 heteroatoms. The molecule has 0 saturated heterocycles. The van der Waals surface area contributed by atoms with Gasteiger partial charge in [-0.05, 0) is 13.0 Å². The highest BCUT2D eigenvalue weighted by molar-refractivity contribution is 5.98. The van der Waals surface area contributed by atoms with Gasteiger partial charge >= 0.3 is 0 Å². The van der Waals surface area contributed by atoms with Gasteiger partial charge in [-0.1, -0.05) is 0 Å². The standard InChI is InChI=1S/C12H17FN4O2/c1-3-15-11-9(6-8(13)7-17-11)12(19)16-5-4-10(18)14-2/h6-7H,3-5H2,1-2H3,(H,14,18)(H,15,17)(H,16,19). The molecule has 1 aromatic heterocycles. The third-order valence-corrected chi connectivity index (χ3v) is 2.36. The normalized spacial score (nSPS) is 9.84. The van der Waals surface area contributed by atoms with Crippen LogP contribution in [0.4, 0.5) is 10.2 Å². The first-order valence-corrected chi connectivity index (χ1v) is 5.96. The predicted molar refractivity (Wildman–Crippen MR) is 69.4 cm³/mol. The highest BCUT2D eigenvalue weighted by Crippen LogP contribution is 2.13. The van der Waals surface area contributed by atoms with Crippen LogP contribution in [0.15, 0.2) is 12.3 Å². The Bertz CT molecular complexity index is 465. The summed E-state index contributed by atoms with van der Waals surface area (Å²) in [5.74, 6) is -0.907. The zero-order chi connectivity index (χ0) is 14.3. The first kappa shape index (κ1) is 14.9. The molecule has 0 saturated carbocycles. The van der Waals surface area contributed by atoms with Gasteiger partial charge in [0, 0.05) is 26.6 Å². The minimum atomic E-state index is -0.585. The SMILES string of the molecule is CCNc1ncc(F)cc1C(=O)NCCC(=O)NC. The molecule has 0 aliphatic carbocycles. The third-order valence-electron chi connectivity index (χ3n) is 2.36. The van der Waals surface area contributed by atoms with Crippen LogP contribution in [0.3, 0.4) is 0 Å².